The molecule has 4 atom stereocenters. The molecule has 2 saturated heterocycles. The zero-order chi connectivity index (χ0) is 12.0. The van der Waals surface area contributed by atoms with E-state index in [0.29, 0.717) is 13.0 Å². The van der Waals surface area contributed by atoms with Crippen molar-refractivity contribution >= 4 is 0 Å². The minimum absolute atomic E-state index is 0.00921. The van der Waals surface area contributed by atoms with E-state index in [0.717, 1.165) is 0 Å². The molecule has 94 valence electrons. The fraction of sp³-hybridized carbons (Fsp3) is 1.00. The normalized spacial score (nSPS) is 47.6. The molecule has 0 aromatic heterocycles. The van der Waals surface area contributed by atoms with Gasteiger partial charge in [0.15, 0.2) is 6.29 Å². The van der Waals surface area contributed by atoms with Gasteiger partial charge < -0.3 is 18.9 Å². The molecule has 4 unspecified atom stereocenters. The summed E-state index contributed by atoms with van der Waals surface area (Å²) in [6.45, 7) is 8.84. The summed E-state index contributed by atoms with van der Waals surface area (Å²) in [4.78, 5) is 0. The molecular weight excluding hydrogens is 208 g/mol. The van der Waals surface area contributed by atoms with Gasteiger partial charge in [-0.3, -0.25) is 0 Å². The number of rotatable bonds is 3. The van der Waals surface area contributed by atoms with Gasteiger partial charge in [0.05, 0.1) is 18.8 Å². The standard InChI is InChI=1S/C12H22O4/c1-8(2)15-10-6-11(4,13-5)12(7-14-12)9(3)16-10/h8-10H,6-7H2,1-5H3. The first-order valence-corrected chi connectivity index (χ1v) is 5.93. The Labute approximate surface area is 97.2 Å². The summed E-state index contributed by atoms with van der Waals surface area (Å²) in [6, 6.07) is 0. The summed E-state index contributed by atoms with van der Waals surface area (Å²) in [5.74, 6) is 0. The van der Waals surface area contributed by atoms with E-state index in [1.807, 2.05) is 20.8 Å². The third-order valence-electron chi connectivity index (χ3n) is 3.79. The molecule has 1 spiro atoms. The van der Waals surface area contributed by atoms with Gasteiger partial charge in [-0.15, -0.1) is 0 Å². The first kappa shape index (κ1) is 12.3. The zero-order valence-electron chi connectivity index (χ0n) is 10.8. The van der Waals surface area contributed by atoms with Crippen molar-refractivity contribution in [3.8, 4) is 0 Å². The second-order valence-electron chi connectivity index (χ2n) is 5.21. The molecule has 2 rings (SSSR count). The molecule has 0 aromatic rings. The summed E-state index contributed by atoms with van der Waals surface area (Å²) >= 11 is 0. The van der Waals surface area contributed by atoms with Crippen LogP contribution in [0.25, 0.3) is 0 Å². The van der Waals surface area contributed by atoms with Gasteiger partial charge in [0.1, 0.15) is 11.2 Å². The molecule has 0 saturated carbocycles. The maximum Gasteiger partial charge on any atom is 0.161 e. The van der Waals surface area contributed by atoms with Gasteiger partial charge in [0, 0.05) is 13.5 Å². The third-order valence-corrected chi connectivity index (χ3v) is 3.79. The third kappa shape index (κ3) is 1.78. The van der Waals surface area contributed by atoms with Crippen molar-refractivity contribution in [3.63, 3.8) is 0 Å². The molecular formula is C12H22O4. The molecule has 0 radical (unpaired) electrons. The van der Waals surface area contributed by atoms with E-state index in [-0.39, 0.29) is 29.7 Å². The van der Waals surface area contributed by atoms with E-state index in [1.165, 1.54) is 0 Å². The molecule has 16 heavy (non-hydrogen) atoms. The highest BCUT2D eigenvalue weighted by atomic mass is 16.7. The summed E-state index contributed by atoms with van der Waals surface area (Å²) < 4.78 is 22.8. The number of ether oxygens (including phenoxy) is 4. The van der Waals surface area contributed by atoms with Crippen molar-refractivity contribution in [2.75, 3.05) is 13.7 Å². The van der Waals surface area contributed by atoms with E-state index < -0.39 is 0 Å². The second-order valence-corrected chi connectivity index (χ2v) is 5.21. The number of methoxy groups -OCH3 is 1. The van der Waals surface area contributed by atoms with Crippen LogP contribution in [0.1, 0.15) is 34.1 Å². The molecule has 2 aliphatic heterocycles. The lowest BCUT2D eigenvalue weighted by atomic mass is 9.80. The fourth-order valence-electron chi connectivity index (χ4n) is 2.56. The largest absolute Gasteiger partial charge is 0.375 e. The maximum absolute atomic E-state index is 5.84. The molecule has 0 bridgehead atoms. The molecule has 0 N–H and O–H groups in total. The lowest BCUT2D eigenvalue weighted by molar-refractivity contribution is -0.275. The van der Waals surface area contributed by atoms with Crippen LogP contribution in [0.5, 0.6) is 0 Å². The zero-order valence-corrected chi connectivity index (χ0v) is 10.8. The monoisotopic (exact) mass is 230 g/mol. The Hall–Kier alpha value is -0.160. The Morgan fingerprint density at radius 1 is 1.38 bits per heavy atom. The van der Waals surface area contributed by atoms with Crippen LogP contribution < -0.4 is 0 Å². The van der Waals surface area contributed by atoms with E-state index in [9.17, 15) is 0 Å². The van der Waals surface area contributed by atoms with Crippen LogP contribution in [0.15, 0.2) is 0 Å². The van der Waals surface area contributed by atoms with E-state index in [1.54, 1.807) is 7.11 Å². The predicted molar refractivity (Wildman–Crippen MR) is 59.3 cm³/mol. The molecule has 4 nitrogen and oxygen atoms in total. The highest BCUT2D eigenvalue weighted by molar-refractivity contribution is 5.14. The Bertz CT molecular complexity index is 262. The van der Waals surface area contributed by atoms with Crippen molar-refractivity contribution in [1.82, 2.24) is 0 Å². The quantitative estimate of drug-likeness (QED) is 0.692. The summed E-state index contributed by atoms with van der Waals surface area (Å²) in [7, 11) is 1.73. The lowest BCUT2D eigenvalue weighted by Crippen LogP contribution is -2.59. The van der Waals surface area contributed by atoms with Crippen molar-refractivity contribution in [3.05, 3.63) is 0 Å². The van der Waals surface area contributed by atoms with E-state index >= 15 is 0 Å². The molecule has 0 aromatic carbocycles. The van der Waals surface area contributed by atoms with Gasteiger partial charge in [0.25, 0.3) is 0 Å². The Kier molecular flexibility index (Phi) is 3.03. The molecule has 2 fully saturated rings. The smallest absolute Gasteiger partial charge is 0.161 e. The first-order chi connectivity index (χ1) is 7.43. The SMILES string of the molecule is COC1(C)CC(OC(C)C)OC(C)C12CO2. The number of epoxide rings is 1. The Morgan fingerprint density at radius 3 is 2.44 bits per heavy atom. The van der Waals surface area contributed by atoms with Gasteiger partial charge >= 0.3 is 0 Å². The van der Waals surface area contributed by atoms with Crippen molar-refractivity contribution in [2.24, 2.45) is 0 Å². The molecule has 2 heterocycles. The molecule has 0 aliphatic carbocycles. The van der Waals surface area contributed by atoms with Gasteiger partial charge in [-0.2, -0.15) is 0 Å². The van der Waals surface area contributed by atoms with Crippen LogP contribution in [-0.4, -0.2) is 43.4 Å². The summed E-state index contributed by atoms with van der Waals surface area (Å²) in [5, 5.41) is 0. The van der Waals surface area contributed by atoms with E-state index in [4.69, 9.17) is 18.9 Å². The minimum Gasteiger partial charge on any atom is -0.375 e. The average molecular weight is 230 g/mol. The second kappa shape index (κ2) is 3.95. The minimum atomic E-state index is -0.315. The summed E-state index contributed by atoms with van der Waals surface area (Å²) in [5.41, 5.74) is -0.581. The molecule has 4 heteroatoms. The van der Waals surface area contributed by atoms with Crippen LogP contribution in [0, 0.1) is 0 Å². The van der Waals surface area contributed by atoms with Crippen molar-refractivity contribution in [1.29, 1.82) is 0 Å². The van der Waals surface area contributed by atoms with Gasteiger partial charge in [-0.05, 0) is 27.7 Å². The summed E-state index contributed by atoms with van der Waals surface area (Å²) in [6.07, 6.45) is 0.684. The van der Waals surface area contributed by atoms with Crippen molar-refractivity contribution in [2.45, 2.75) is 63.8 Å². The highest BCUT2D eigenvalue weighted by Crippen LogP contribution is 2.50. The molecule has 2 aliphatic rings. The van der Waals surface area contributed by atoms with E-state index in [2.05, 4.69) is 6.92 Å². The topological polar surface area (TPSA) is 40.2 Å². The highest BCUT2D eigenvalue weighted by Gasteiger charge is 2.67. The van der Waals surface area contributed by atoms with Crippen LogP contribution in [0.2, 0.25) is 0 Å². The van der Waals surface area contributed by atoms with Crippen molar-refractivity contribution < 1.29 is 18.9 Å². The Balaban J connectivity index is 2.10. The lowest BCUT2D eigenvalue weighted by Gasteiger charge is -2.45. The van der Waals surface area contributed by atoms with Crippen LogP contribution in [0.3, 0.4) is 0 Å². The number of hydrogen-bond acceptors (Lipinski definition) is 4. The predicted octanol–water partition coefficient (Wildman–Crippen LogP) is 1.72. The maximum atomic E-state index is 5.84. The first-order valence-electron chi connectivity index (χ1n) is 5.93. The van der Waals surface area contributed by atoms with Gasteiger partial charge in [-0.25, -0.2) is 0 Å². The average Bonchev–Trinajstić information content (AvgIpc) is 2.95. The number of hydrogen-bond donors (Lipinski definition) is 0. The van der Waals surface area contributed by atoms with Crippen LogP contribution in [-0.2, 0) is 18.9 Å². The van der Waals surface area contributed by atoms with Crippen LogP contribution in [0.4, 0.5) is 0 Å². The van der Waals surface area contributed by atoms with Crippen LogP contribution >= 0.6 is 0 Å². The Morgan fingerprint density at radius 2 is 2.00 bits per heavy atom. The van der Waals surface area contributed by atoms with Gasteiger partial charge in [-0.1, -0.05) is 0 Å². The molecule has 0 amide bonds. The fourth-order valence-corrected chi connectivity index (χ4v) is 2.56. The van der Waals surface area contributed by atoms with Gasteiger partial charge in [0.2, 0.25) is 0 Å².